The second kappa shape index (κ2) is 9.74. The summed E-state index contributed by atoms with van der Waals surface area (Å²) >= 11 is 3.38. The SMILES string of the molecule is CC1CN(S(=O)(=O)N2CCN(C(=O)CCOc3cccc(Br)c3)CC2)CC(C)O1. The highest BCUT2D eigenvalue weighted by Crippen LogP contribution is 2.20. The number of rotatable bonds is 6. The summed E-state index contributed by atoms with van der Waals surface area (Å²) in [5.74, 6) is 0.683. The van der Waals surface area contributed by atoms with E-state index in [1.807, 2.05) is 38.1 Å². The Morgan fingerprint density at radius 3 is 2.41 bits per heavy atom. The molecule has 0 spiro atoms. The van der Waals surface area contributed by atoms with Gasteiger partial charge in [-0.1, -0.05) is 22.0 Å². The van der Waals surface area contributed by atoms with E-state index in [1.165, 1.54) is 8.61 Å². The number of carbonyl (C=O) groups excluding carboxylic acids is 1. The molecule has 0 aliphatic carbocycles. The van der Waals surface area contributed by atoms with E-state index in [0.717, 1.165) is 4.47 Å². The van der Waals surface area contributed by atoms with Gasteiger partial charge in [-0.05, 0) is 32.0 Å². The first-order valence-corrected chi connectivity index (χ1v) is 12.0. The Hall–Kier alpha value is -1.20. The second-order valence-electron chi connectivity index (χ2n) is 7.42. The first-order valence-electron chi connectivity index (χ1n) is 9.82. The van der Waals surface area contributed by atoms with Gasteiger partial charge in [-0.2, -0.15) is 17.0 Å². The van der Waals surface area contributed by atoms with Gasteiger partial charge < -0.3 is 14.4 Å². The highest BCUT2D eigenvalue weighted by atomic mass is 79.9. The molecule has 10 heteroatoms. The summed E-state index contributed by atoms with van der Waals surface area (Å²) in [6.45, 7) is 6.17. The van der Waals surface area contributed by atoms with Gasteiger partial charge in [-0.15, -0.1) is 0 Å². The normalized spacial score (nSPS) is 24.4. The summed E-state index contributed by atoms with van der Waals surface area (Å²) < 4.78 is 41.0. The molecule has 1 amide bonds. The van der Waals surface area contributed by atoms with E-state index < -0.39 is 10.2 Å². The lowest BCUT2D eigenvalue weighted by Crippen LogP contribution is -2.57. The zero-order valence-electron chi connectivity index (χ0n) is 16.8. The van der Waals surface area contributed by atoms with Crippen LogP contribution in [0.3, 0.4) is 0 Å². The Labute approximate surface area is 181 Å². The van der Waals surface area contributed by atoms with Gasteiger partial charge >= 0.3 is 0 Å². The fraction of sp³-hybridized carbons (Fsp3) is 0.632. The standard InChI is InChI=1S/C19H28BrN3O5S/c1-15-13-23(14-16(2)28-15)29(25,26)22-9-7-21(8-10-22)19(24)6-11-27-18-5-3-4-17(20)12-18/h3-5,12,15-16H,6-11,13-14H2,1-2H3. The van der Waals surface area contributed by atoms with Crippen LogP contribution in [0.2, 0.25) is 0 Å². The van der Waals surface area contributed by atoms with Crippen LogP contribution in [0.15, 0.2) is 28.7 Å². The van der Waals surface area contributed by atoms with Crippen molar-refractivity contribution in [1.82, 2.24) is 13.5 Å². The average Bonchev–Trinajstić information content (AvgIpc) is 2.67. The number of carbonyl (C=O) groups is 1. The van der Waals surface area contributed by atoms with Crippen LogP contribution in [-0.4, -0.2) is 85.9 Å². The molecule has 8 nitrogen and oxygen atoms in total. The van der Waals surface area contributed by atoms with Crippen molar-refractivity contribution < 1.29 is 22.7 Å². The second-order valence-corrected chi connectivity index (χ2v) is 10.3. The third-order valence-corrected chi connectivity index (χ3v) is 7.47. The number of benzene rings is 1. The molecule has 2 aliphatic heterocycles. The lowest BCUT2D eigenvalue weighted by Gasteiger charge is -2.40. The zero-order chi connectivity index (χ0) is 21.0. The van der Waals surface area contributed by atoms with Crippen molar-refractivity contribution in [2.24, 2.45) is 0 Å². The largest absolute Gasteiger partial charge is 0.493 e. The number of nitrogens with zero attached hydrogens (tertiary/aromatic N) is 3. The first-order chi connectivity index (χ1) is 13.8. The van der Waals surface area contributed by atoms with Crippen molar-refractivity contribution in [2.45, 2.75) is 32.5 Å². The fourth-order valence-corrected chi connectivity index (χ4v) is 5.75. The number of halogens is 1. The maximum atomic E-state index is 12.9. The molecule has 2 unspecified atom stereocenters. The number of hydrogen-bond acceptors (Lipinski definition) is 5. The van der Waals surface area contributed by atoms with Gasteiger partial charge in [0.2, 0.25) is 5.91 Å². The van der Waals surface area contributed by atoms with Crippen LogP contribution in [-0.2, 0) is 19.7 Å². The molecule has 0 bridgehead atoms. The average molecular weight is 490 g/mol. The van der Waals surface area contributed by atoms with Gasteiger partial charge in [0.1, 0.15) is 5.75 Å². The molecule has 0 saturated carbocycles. The van der Waals surface area contributed by atoms with Crippen molar-refractivity contribution >= 4 is 32.0 Å². The third kappa shape index (κ3) is 5.91. The van der Waals surface area contributed by atoms with Crippen molar-refractivity contribution in [1.29, 1.82) is 0 Å². The van der Waals surface area contributed by atoms with Crippen LogP contribution >= 0.6 is 15.9 Å². The Morgan fingerprint density at radius 2 is 1.79 bits per heavy atom. The van der Waals surface area contributed by atoms with E-state index in [4.69, 9.17) is 9.47 Å². The Kier molecular flexibility index (Phi) is 7.55. The van der Waals surface area contributed by atoms with E-state index >= 15 is 0 Å². The molecule has 2 atom stereocenters. The number of morpholine rings is 1. The molecular formula is C19H28BrN3O5S. The minimum atomic E-state index is -3.54. The van der Waals surface area contributed by atoms with Crippen LogP contribution in [0.25, 0.3) is 0 Å². The van der Waals surface area contributed by atoms with E-state index in [2.05, 4.69) is 15.9 Å². The summed E-state index contributed by atoms with van der Waals surface area (Å²) in [6, 6.07) is 7.47. The Morgan fingerprint density at radius 1 is 1.14 bits per heavy atom. The van der Waals surface area contributed by atoms with Gasteiger partial charge in [0.15, 0.2) is 0 Å². The van der Waals surface area contributed by atoms with E-state index in [9.17, 15) is 13.2 Å². The molecule has 0 aromatic heterocycles. The van der Waals surface area contributed by atoms with E-state index in [-0.39, 0.29) is 31.1 Å². The molecule has 1 aromatic carbocycles. The molecule has 2 fully saturated rings. The van der Waals surface area contributed by atoms with Crippen molar-refractivity contribution in [3.8, 4) is 5.75 Å². The van der Waals surface area contributed by atoms with Crippen LogP contribution in [0.5, 0.6) is 5.75 Å². The van der Waals surface area contributed by atoms with Crippen molar-refractivity contribution in [3.63, 3.8) is 0 Å². The van der Waals surface area contributed by atoms with Crippen molar-refractivity contribution in [3.05, 3.63) is 28.7 Å². The van der Waals surface area contributed by atoms with E-state index in [0.29, 0.717) is 45.0 Å². The van der Waals surface area contributed by atoms with Crippen LogP contribution in [0.1, 0.15) is 20.3 Å². The highest BCUT2D eigenvalue weighted by Gasteiger charge is 2.37. The summed E-state index contributed by atoms with van der Waals surface area (Å²) in [4.78, 5) is 14.2. The fourth-order valence-electron chi connectivity index (χ4n) is 3.62. The minimum absolute atomic E-state index is 0.0225. The third-order valence-electron chi connectivity index (χ3n) is 5.01. The lowest BCUT2D eigenvalue weighted by atomic mass is 10.3. The smallest absolute Gasteiger partial charge is 0.282 e. The van der Waals surface area contributed by atoms with Crippen molar-refractivity contribution in [2.75, 3.05) is 45.9 Å². The topological polar surface area (TPSA) is 79.4 Å². The number of ether oxygens (including phenoxy) is 2. The summed E-state index contributed by atoms with van der Waals surface area (Å²) in [5.41, 5.74) is 0. The maximum absolute atomic E-state index is 12.9. The van der Waals surface area contributed by atoms with Gasteiger partial charge in [0.25, 0.3) is 10.2 Å². The monoisotopic (exact) mass is 489 g/mol. The van der Waals surface area contributed by atoms with Gasteiger partial charge in [-0.25, -0.2) is 0 Å². The molecule has 2 aliphatic rings. The number of hydrogen-bond donors (Lipinski definition) is 0. The maximum Gasteiger partial charge on any atom is 0.282 e. The molecule has 0 radical (unpaired) electrons. The molecular weight excluding hydrogens is 462 g/mol. The lowest BCUT2D eigenvalue weighted by molar-refractivity contribution is -0.132. The highest BCUT2D eigenvalue weighted by molar-refractivity contribution is 9.10. The number of amides is 1. The Bertz CT molecular complexity index is 804. The summed E-state index contributed by atoms with van der Waals surface area (Å²) in [5, 5.41) is 0. The molecule has 0 N–H and O–H groups in total. The summed E-state index contributed by atoms with van der Waals surface area (Å²) in [6.07, 6.45) is 0.0147. The van der Waals surface area contributed by atoms with Gasteiger partial charge in [0, 0.05) is 43.7 Å². The van der Waals surface area contributed by atoms with Crippen LogP contribution in [0, 0.1) is 0 Å². The molecule has 29 heavy (non-hydrogen) atoms. The van der Waals surface area contributed by atoms with Crippen LogP contribution < -0.4 is 4.74 Å². The zero-order valence-corrected chi connectivity index (χ0v) is 19.2. The van der Waals surface area contributed by atoms with Crippen LogP contribution in [0.4, 0.5) is 0 Å². The molecule has 162 valence electrons. The predicted molar refractivity (Wildman–Crippen MR) is 113 cm³/mol. The van der Waals surface area contributed by atoms with Gasteiger partial charge in [0.05, 0.1) is 25.2 Å². The quantitative estimate of drug-likeness (QED) is 0.607. The number of piperazine rings is 1. The van der Waals surface area contributed by atoms with Gasteiger partial charge in [-0.3, -0.25) is 4.79 Å². The first kappa shape index (κ1) is 22.5. The Balaban J connectivity index is 1.46. The van der Waals surface area contributed by atoms with E-state index in [1.54, 1.807) is 4.90 Å². The molecule has 3 rings (SSSR count). The molecule has 2 saturated heterocycles. The molecule has 2 heterocycles. The molecule has 1 aromatic rings. The summed E-state index contributed by atoms with van der Waals surface area (Å²) in [7, 11) is -3.54. The predicted octanol–water partition coefficient (Wildman–Crippen LogP) is 1.72. The minimum Gasteiger partial charge on any atom is -0.493 e.